The van der Waals surface area contributed by atoms with Gasteiger partial charge < -0.3 is 10.2 Å². The van der Waals surface area contributed by atoms with Crippen LogP contribution in [0.15, 0.2) is 70.9 Å². The molecule has 3 aromatic rings. The van der Waals surface area contributed by atoms with Crippen molar-refractivity contribution in [2.45, 2.75) is 23.8 Å². The summed E-state index contributed by atoms with van der Waals surface area (Å²) < 4.78 is 28.3. The summed E-state index contributed by atoms with van der Waals surface area (Å²) in [5.41, 5.74) is 2.08. The molecule has 1 amide bonds. The van der Waals surface area contributed by atoms with Crippen LogP contribution in [0.1, 0.15) is 33.3 Å². The molecule has 1 N–H and O–H groups in total. The van der Waals surface area contributed by atoms with Crippen molar-refractivity contribution >= 4 is 33.0 Å². The predicted molar refractivity (Wildman–Crippen MR) is 129 cm³/mol. The lowest BCUT2D eigenvalue weighted by Crippen LogP contribution is -2.36. The third-order valence-corrected chi connectivity index (χ3v) is 8.49. The first-order valence-electron chi connectivity index (χ1n) is 10.6. The predicted octanol–water partition coefficient (Wildman–Crippen LogP) is 3.92. The van der Waals surface area contributed by atoms with Crippen LogP contribution in [0.25, 0.3) is 0 Å². The first-order chi connectivity index (χ1) is 15.4. The zero-order chi connectivity index (χ0) is 22.7. The van der Waals surface area contributed by atoms with E-state index in [9.17, 15) is 13.2 Å². The van der Waals surface area contributed by atoms with Crippen LogP contribution in [-0.2, 0) is 16.4 Å². The summed E-state index contributed by atoms with van der Waals surface area (Å²) >= 11 is 1.65. The lowest BCUT2D eigenvalue weighted by molar-refractivity contribution is 0.0942. The van der Waals surface area contributed by atoms with Crippen molar-refractivity contribution in [3.05, 3.63) is 82.0 Å². The monoisotopic (exact) mass is 469 g/mol. The molecular weight excluding hydrogens is 442 g/mol. The Labute approximate surface area is 193 Å². The Bertz CT molecular complexity index is 1190. The van der Waals surface area contributed by atoms with Crippen LogP contribution in [0.4, 0.5) is 5.69 Å². The normalized spacial score (nSPS) is 14.8. The number of sulfonamides is 1. The molecule has 1 unspecified atom stereocenters. The lowest BCUT2D eigenvalue weighted by Gasteiger charge is -2.30. The van der Waals surface area contributed by atoms with Gasteiger partial charge in [0.05, 0.1) is 16.6 Å². The summed E-state index contributed by atoms with van der Waals surface area (Å²) in [6.45, 7) is 0.865. The largest absolute Gasteiger partial charge is 0.350 e. The Morgan fingerprint density at radius 3 is 2.69 bits per heavy atom. The van der Waals surface area contributed by atoms with Crippen LogP contribution >= 0.6 is 11.3 Å². The number of para-hydroxylation sites is 1. The van der Waals surface area contributed by atoms with Crippen molar-refractivity contribution in [1.29, 1.82) is 0 Å². The Balaban J connectivity index is 1.54. The van der Waals surface area contributed by atoms with E-state index < -0.39 is 10.0 Å². The molecule has 0 saturated carbocycles. The SMILES string of the molecule is CN(C)C(CNC(=O)c1cccc(S(=O)(=O)N2CCCc3ccccc32)c1)c1cccs1. The minimum atomic E-state index is -3.76. The maximum absolute atomic E-state index is 13.4. The second kappa shape index (κ2) is 9.44. The number of nitrogens with one attached hydrogen (secondary N) is 1. The lowest BCUT2D eigenvalue weighted by atomic mass is 10.0. The molecule has 0 radical (unpaired) electrons. The number of anilines is 1. The number of benzene rings is 2. The zero-order valence-electron chi connectivity index (χ0n) is 18.2. The van der Waals surface area contributed by atoms with Gasteiger partial charge in [-0.15, -0.1) is 11.3 Å². The van der Waals surface area contributed by atoms with Gasteiger partial charge in [0.15, 0.2) is 0 Å². The van der Waals surface area contributed by atoms with E-state index in [-0.39, 0.29) is 16.8 Å². The van der Waals surface area contributed by atoms with Crippen molar-refractivity contribution < 1.29 is 13.2 Å². The Morgan fingerprint density at radius 2 is 1.94 bits per heavy atom. The molecule has 0 aliphatic carbocycles. The summed E-state index contributed by atoms with van der Waals surface area (Å²) in [4.78, 5) is 16.2. The van der Waals surface area contributed by atoms with E-state index in [0.717, 1.165) is 29.0 Å². The van der Waals surface area contributed by atoms with Crippen LogP contribution in [-0.4, -0.2) is 46.4 Å². The molecule has 1 aliphatic heterocycles. The summed E-state index contributed by atoms with van der Waals surface area (Å²) in [6, 6.07) is 18.0. The number of fused-ring (bicyclic) bond motifs is 1. The van der Waals surface area contributed by atoms with E-state index >= 15 is 0 Å². The number of carbonyl (C=O) groups is 1. The maximum Gasteiger partial charge on any atom is 0.264 e. The second-order valence-electron chi connectivity index (χ2n) is 8.04. The fourth-order valence-corrected chi connectivity index (χ4v) is 6.49. The highest BCUT2D eigenvalue weighted by Crippen LogP contribution is 2.32. The molecule has 0 bridgehead atoms. The van der Waals surface area contributed by atoms with Gasteiger partial charge in [0.25, 0.3) is 15.9 Å². The van der Waals surface area contributed by atoms with Gasteiger partial charge in [-0.2, -0.15) is 0 Å². The Morgan fingerprint density at radius 1 is 1.12 bits per heavy atom. The molecule has 32 heavy (non-hydrogen) atoms. The molecular formula is C24H27N3O3S2. The van der Waals surface area contributed by atoms with Crippen molar-refractivity contribution in [1.82, 2.24) is 10.2 Å². The molecule has 168 valence electrons. The number of nitrogens with zero attached hydrogens (tertiary/aromatic N) is 2. The number of aryl methyl sites for hydroxylation is 1. The van der Waals surface area contributed by atoms with E-state index in [1.807, 2.05) is 55.9 Å². The molecule has 0 fully saturated rings. The van der Waals surface area contributed by atoms with E-state index in [4.69, 9.17) is 0 Å². The summed E-state index contributed by atoms with van der Waals surface area (Å²) in [5.74, 6) is -0.287. The summed E-state index contributed by atoms with van der Waals surface area (Å²) in [6.07, 6.45) is 1.63. The molecule has 1 atom stereocenters. The highest BCUT2D eigenvalue weighted by atomic mass is 32.2. The number of carbonyl (C=O) groups excluding carboxylic acids is 1. The summed E-state index contributed by atoms with van der Waals surface area (Å²) in [5, 5.41) is 4.97. The van der Waals surface area contributed by atoms with Crippen LogP contribution in [0.5, 0.6) is 0 Å². The molecule has 4 rings (SSSR count). The van der Waals surface area contributed by atoms with Gasteiger partial charge in [0, 0.05) is 23.5 Å². The molecule has 0 saturated heterocycles. The number of amides is 1. The molecule has 1 aliphatic rings. The minimum Gasteiger partial charge on any atom is -0.350 e. The van der Waals surface area contributed by atoms with E-state index in [1.165, 1.54) is 10.4 Å². The summed E-state index contributed by atoms with van der Waals surface area (Å²) in [7, 11) is 0.180. The molecule has 6 nitrogen and oxygen atoms in total. The second-order valence-corrected chi connectivity index (χ2v) is 10.9. The van der Waals surface area contributed by atoms with Crippen molar-refractivity contribution in [2.24, 2.45) is 0 Å². The number of rotatable bonds is 7. The minimum absolute atomic E-state index is 0.0516. The van der Waals surface area contributed by atoms with Gasteiger partial charge in [-0.1, -0.05) is 30.3 Å². The topological polar surface area (TPSA) is 69.7 Å². The van der Waals surface area contributed by atoms with Crippen LogP contribution in [0, 0.1) is 0 Å². The zero-order valence-corrected chi connectivity index (χ0v) is 19.8. The van der Waals surface area contributed by atoms with Gasteiger partial charge in [-0.05, 0) is 68.2 Å². The van der Waals surface area contributed by atoms with Crippen molar-refractivity contribution in [3.8, 4) is 0 Å². The Hall–Kier alpha value is -2.68. The van der Waals surface area contributed by atoms with Gasteiger partial charge >= 0.3 is 0 Å². The number of likely N-dealkylation sites (N-methyl/N-ethyl adjacent to an activating group) is 1. The number of thiophene rings is 1. The highest BCUT2D eigenvalue weighted by molar-refractivity contribution is 7.92. The first kappa shape index (κ1) is 22.5. The fourth-order valence-electron chi connectivity index (χ4n) is 3.98. The van der Waals surface area contributed by atoms with Crippen LogP contribution in [0.3, 0.4) is 0 Å². The van der Waals surface area contributed by atoms with Gasteiger partial charge in [-0.3, -0.25) is 9.10 Å². The molecule has 2 aromatic carbocycles. The van der Waals surface area contributed by atoms with Crippen molar-refractivity contribution in [3.63, 3.8) is 0 Å². The van der Waals surface area contributed by atoms with Crippen LogP contribution in [0.2, 0.25) is 0 Å². The molecule has 8 heteroatoms. The highest BCUT2D eigenvalue weighted by Gasteiger charge is 2.29. The average Bonchev–Trinajstić information content (AvgIpc) is 3.33. The maximum atomic E-state index is 13.4. The molecule has 2 heterocycles. The van der Waals surface area contributed by atoms with Crippen LogP contribution < -0.4 is 9.62 Å². The quantitative estimate of drug-likeness (QED) is 0.569. The third kappa shape index (κ3) is 4.57. The third-order valence-electron chi connectivity index (χ3n) is 5.70. The van der Waals surface area contributed by atoms with E-state index in [0.29, 0.717) is 18.7 Å². The number of hydrogen-bond donors (Lipinski definition) is 1. The first-order valence-corrected chi connectivity index (χ1v) is 12.9. The van der Waals surface area contributed by atoms with E-state index in [1.54, 1.807) is 29.5 Å². The van der Waals surface area contributed by atoms with Gasteiger partial charge in [-0.25, -0.2) is 8.42 Å². The molecule has 1 aromatic heterocycles. The smallest absolute Gasteiger partial charge is 0.264 e. The molecule has 0 spiro atoms. The standard InChI is InChI=1S/C24H27N3O3S2/c1-26(2)22(23-13-7-15-31-23)17-25-24(28)19-9-5-11-20(16-19)32(29,30)27-14-6-10-18-8-3-4-12-21(18)27/h3-5,7-9,11-13,15-16,22H,6,10,14,17H2,1-2H3,(H,25,28). The van der Waals surface area contributed by atoms with Gasteiger partial charge in [0.2, 0.25) is 0 Å². The van der Waals surface area contributed by atoms with Gasteiger partial charge in [0.1, 0.15) is 0 Å². The van der Waals surface area contributed by atoms with E-state index in [2.05, 4.69) is 10.2 Å². The van der Waals surface area contributed by atoms with Crippen molar-refractivity contribution in [2.75, 3.05) is 31.5 Å². The average molecular weight is 470 g/mol. The number of hydrogen-bond acceptors (Lipinski definition) is 5. The Kier molecular flexibility index (Phi) is 6.64. The fraction of sp³-hybridized carbons (Fsp3) is 0.292.